The lowest BCUT2D eigenvalue weighted by Gasteiger charge is -2.41. The summed E-state index contributed by atoms with van der Waals surface area (Å²) in [6.07, 6.45) is -11.4. The molecule has 0 unspecified atom stereocenters. The van der Waals surface area contributed by atoms with E-state index in [0.717, 1.165) is 0 Å². The van der Waals surface area contributed by atoms with E-state index in [4.69, 9.17) is 66.3 Å². The van der Waals surface area contributed by atoms with Gasteiger partial charge in [0, 0.05) is 162 Å². The maximum atomic E-state index is 16.0. The van der Waals surface area contributed by atoms with E-state index in [9.17, 15) is 9.59 Å². The Morgan fingerprint density at radius 3 is 0.738 bits per heavy atom. The summed E-state index contributed by atoms with van der Waals surface area (Å²) in [4.78, 5) is 106. The number of alkyl carbamates (subject to hydrolysis) is 1. The van der Waals surface area contributed by atoms with Crippen LogP contribution in [0.3, 0.4) is 0 Å². The van der Waals surface area contributed by atoms with Gasteiger partial charge in [-0.05, 0) is 5.56 Å². The molecule has 1 aromatic carbocycles. The molecule has 6 N–H and O–H groups in total. The van der Waals surface area contributed by atoms with Crippen molar-refractivity contribution in [1.29, 1.82) is 0 Å². The molecule has 6 saturated carbocycles. The first kappa shape index (κ1) is 66.4. The number of nitrogens with one attached hydrogen (secondary N) is 6. The molecule has 27 nitrogen and oxygen atoms in total. The van der Waals surface area contributed by atoms with Crippen molar-refractivity contribution in [3.8, 4) is 0 Å². The van der Waals surface area contributed by atoms with E-state index in [2.05, 4.69) is 31.9 Å². The molecule has 0 radical (unpaired) electrons. The molecule has 6 aliphatic carbocycles. The molecule has 0 bridgehead atoms. The molecule has 7 rings (SSSR count). The number of hydrogen-bond donors (Lipinski definition) is 6. The number of carbonyl (C=O) groups excluding carboxylic acids is 7. The van der Waals surface area contributed by atoms with Crippen molar-refractivity contribution in [2.24, 2.45) is 0 Å². The van der Waals surface area contributed by atoms with Crippen LogP contribution < -0.4 is 31.9 Å². The van der Waals surface area contributed by atoms with Crippen LogP contribution in [0, 0.1) is 0 Å². The lowest BCUT2D eigenvalue weighted by molar-refractivity contribution is -0.153. The van der Waals surface area contributed by atoms with E-state index in [1.807, 2.05) is 6.07 Å². The molecule has 0 aromatic heterocycles. The number of carbonyl (C=O) groups is 7. The molecule has 0 heterocycles. The summed E-state index contributed by atoms with van der Waals surface area (Å²) < 4.78 is 80.8. The molecule has 84 heavy (non-hydrogen) atoms. The zero-order valence-electron chi connectivity index (χ0n) is 50.6. The Labute approximate surface area is 490 Å². The third-order valence-electron chi connectivity index (χ3n) is 18.8. The molecular formula is C57H88N6O21. The number of esters is 1. The number of ether oxygens (including phenoxy) is 14. The Bertz CT molecular complexity index is 2400. The fraction of sp³-hybridized carbons (Fsp3) is 0.772. The number of methoxy groups -OCH3 is 13. The quantitative estimate of drug-likeness (QED) is 0.0667. The Morgan fingerprint density at radius 2 is 0.524 bits per heavy atom. The maximum absolute atomic E-state index is 16.0. The van der Waals surface area contributed by atoms with Gasteiger partial charge in [-0.3, -0.25) is 24.0 Å². The second-order valence-corrected chi connectivity index (χ2v) is 23.2. The lowest BCUT2D eigenvalue weighted by atomic mass is 9.86. The third kappa shape index (κ3) is 13.1. The van der Waals surface area contributed by atoms with Gasteiger partial charge >= 0.3 is 12.1 Å². The van der Waals surface area contributed by atoms with Crippen molar-refractivity contribution in [3.05, 3.63) is 35.9 Å². The molecule has 0 saturated heterocycles. The van der Waals surface area contributed by atoms with Gasteiger partial charge in [-0.2, -0.15) is 0 Å². The van der Waals surface area contributed by atoms with Crippen molar-refractivity contribution in [3.63, 3.8) is 0 Å². The molecule has 27 heteroatoms. The van der Waals surface area contributed by atoms with Gasteiger partial charge in [0.2, 0.25) is 29.5 Å². The van der Waals surface area contributed by atoms with E-state index in [-0.39, 0.29) is 83.7 Å². The van der Waals surface area contributed by atoms with Crippen LogP contribution in [-0.4, -0.2) is 241 Å². The van der Waals surface area contributed by atoms with Gasteiger partial charge in [0.05, 0.1) is 80.4 Å². The predicted molar refractivity (Wildman–Crippen MR) is 294 cm³/mol. The normalized spacial score (nSPS) is 31.2. The molecule has 6 aliphatic rings. The number of hydrogen-bond acceptors (Lipinski definition) is 21. The highest BCUT2D eigenvalue weighted by atomic mass is 16.6. The lowest BCUT2D eigenvalue weighted by Crippen LogP contribution is -2.72. The van der Waals surface area contributed by atoms with Crippen LogP contribution in [-0.2, 0) is 102 Å². The Hall–Kier alpha value is -5.17. The van der Waals surface area contributed by atoms with E-state index >= 15 is 24.0 Å². The summed E-state index contributed by atoms with van der Waals surface area (Å²) in [6, 6.07) is 8.97. The standard InChI is InChI=1S/C57H88N6O21/c1-71-33-19-52(20-34(33)72-2,59-47(66)54(23-37(75-5)38(24-54)76-6)61-49(68)56(27-41(79-9)42(28-56)80-10)63-51(70)84-31-32-17-15-14-16-18-32)45(64)58-53(21-35(73-3)36(22-53)74-4)46(65)60-55(25-39(77-7)40(26-55)78-8)48(67)62-57(50(69)83-13)29-43(81-11)44(30-57)82-12/h14-18,33-44H,19-31H2,1-13H3,(H,58,64)(H,59,66)(H,60,65)(H,61,68)(H,62,67)(H,63,70)/t33-,34-,35-,36-,37-,38-,39-,40-,41-,42-,43-,44-/m0/s1. The molecule has 0 spiro atoms. The van der Waals surface area contributed by atoms with Crippen LogP contribution in [0.4, 0.5) is 4.79 Å². The highest BCUT2D eigenvalue weighted by Crippen LogP contribution is 2.44. The van der Waals surface area contributed by atoms with Crippen LogP contribution in [0.5, 0.6) is 0 Å². The minimum absolute atomic E-state index is 0.0248. The van der Waals surface area contributed by atoms with E-state index in [1.165, 1.54) is 92.4 Å². The number of rotatable bonds is 26. The molecule has 12 atom stereocenters. The summed E-state index contributed by atoms with van der Waals surface area (Å²) >= 11 is 0. The van der Waals surface area contributed by atoms with Crippen LogP contribution >= 0.6 is 0 Å². The smallest absolute Gasteiger partial charge is 0.408 e. The van der Waals surface area contributed by atoms with Crippen LogP contribution in [0.1, 0.15) is 82.6 Å². The molecule has 0 aliphatic heterocycles. The largest absolute Gasteiger partial charge is 0.467 e. The van der Waals surface area contributed by atoms with Crippen molar-refractivity contribution < 1.29 is 99.9 Å². The van der Waals surface area contributed by atoms with Gasteiger partial charge in [-0.1, -0.05) is 30.3 Å². The van der Waals surface area contributed by atoms with E-state index in [1.54, 1.807) is 24.3 Å². The first-order valence-corrected chi connectivity index (χ1v) is 28.2. The maximum Gasteiger partial charge on any atom is 0.408 e. The van der Waals surface area contributed by atoms with Crippen LogP contribution in [0.15, 0.2) is 30.3 Å². The van der Waals surface area contributed by atoms with Crippen molar-refractivity contribution >= 4 is 41.6 Å². The molecule has 1 aromatic rings. The zero-order chi connectivity index (χ0) is 61.4. The topological polar surface area (TPSA) is 321 Å². The summed E-state index contributed by atoms with van der Waals surface area (Å²) in [6.45, 7) is -0.110. The summed E-state index contributed by atoms with van der Waals surface area (Å²) in [5, 5.41) is 17.9. The average Bonchev–Trinajstić information content (AvgIpc) is 3.20. The summed E-state index contributed by atoms with van der Waals surface area (Å²) in [7, 11) is 18.5. The molecular weight excluding hydrogens is 1100 g/mol. The highest BCUT2D eigenvalue weighted by Gasteiger charge is 2.64. The molecule has 6 fully saturated rings. The second kappa shape index (κ2) is 27.7. The Balaban J connectivity index is 1.26. The molecule has 472 valence electrons. The number of benzene rings is 1. The van der Waals surface area contributed by atoms with Crippen molar-refractivity contribution in [2.75, 3.05) is 92.4 Å². The Kier molecular flexibility index (Phi) is 21.9. The summed E-state index contributed by atoms with van der Waals surface area (Å²) in [5.41, 5.74) is -10.4. The first-order chi connectivity index (χ1) is 40.1. The minimum atomic E-state index is -1.96. The van der Waals surface area contributed by atoms with Crippen molar-refractivity contribution in [2.45, 2.75) is 190 Å². The van der Waals surface area contributed by atoms with Gasteiger partial charge in [-0.25, -0.2) is 9.59 Å². The SMILES string of the molecule is COC(=O)C1(NC(=O)C2(NC(=O)C3(NC(=O)C4(NC(=O)C5(NC(=O)C6(NC(=O)OCc7ccccc7)C[C@H](OC)[C@@H](OC)C6)C[C@H](OC)[C@@H](OC)C5)C[C@H](OC)[C@@H](OC)C4)C[C@H](OC)[C@@H](OC)C3)C[C@H](OC)[C@@H](OC)C2)C[C@H](OC)[C@@H](OC)C1. The fourth-order valence-corrected chi connectivity index (χ4v) is 13.9. The third-order valence-corrected chi connectivity index (χ3v) is 18.8. The van der Waals surface area contributed by atoms with Gasteiger partial charge in [0.1, 0.15) is 39.8 Å². The highest BCUT2D eigenvalue weighted by molar-refractivity contribution is 6.03. The predicted octanol–water partition coefficient (Wildman–Crippen LogP) is 0.0424. The van der Waals surface area contributed by atoms with E-state index in [0.29, 0.717) is 5.56 Å². The fourth-order valence-electron chi connectivity index (χ4n) is 13.9. The molecule has 6 amide bonds. The van der Waals surface area contributed by atoms with Gasteiger partial charge in [0.15, 0.2) is 0 Å². The van der Waals surface area contributed by atoms with Gasteiger partial charge in [0.25, 0.3) is 0 Å². The average molecular weight is 1190 g/mol. The number of amides is 6. The summed E-state index contributed by atoms with van der Waals surface area (Å²) in [5.74, 6) is -4.84. The monoisotopic (exact) mass is 1190 g/mol. The van der Waals surface area contributed by atoms with Crippen molar-refractivity contribution in [1.82, 2.24) is 31.9 Å². The van der Waals surface area contributed by atoms with Crippen LogP contribution in [0.2, 0.25) is 0 Å². The minimum Gasteiger partial charge on any atom is -0.467 e. The van der Waals surface area contributed by atoms with Crippen LogP contribution in [0.25, 0.3) is 0 Å². The van der Waals surface area contributed by atoms with E-state index < -0.39 is 148 Å². The van der Waals surface area contributed by atoms with Gasteiger partial charge in [-0.15, -0.1) is 0 Å². The first-order valence-electron chi connectivity index (χ1n) is 28.2. The zero-order valence-corrected chi connectivity index (χ0v) is 50.6. The Morgan fingerprint density at radius 1 is 0.321 bits per heavy atom. The second-order valence-electron chi connectivity index (χ2n) is 23.2. The van der Waals surface area contributed by atoms with Gasteiger partial charge < -0.3 is 98.2 Å².